The van der Waals surface area contributed by atoms with Gasteiger partial charge in [0.25, 0.3) is 0 Å². The van der Waals surface area contributed by atoms with E-state index < -0.39 is 0 Å². The topological polar surface area (TPSA) is 21.3 Å². The molecule has 0 heterocycles. The molecule has 96 valence electrons. The van der Waals surface area contributed by atoms with Crippen molar-refractivity contribution in [2.45, 2.75) is 33.2 Å². The molecular formula is C13H19BrClNO. The molecule has 0 aromatic heterocycles. The van der Waals surface area contributed by atoms with Crippen LogP contribution in [-0.2, 0) is 0 Å². The van der Waals surface area contributed by atoms with E-state index in [1.807, 2.05) is 19.1 Å². The third-order valence-electron chi connectivity index (χ3n) is 2.60. The second-order valence-corrected chi connectivity index (χ2v) is 5.43. The summed E-state index contributed by atoms with van der Waals surface area (Å²) < 4.78 is 6.58. The van der Waals surface area contributed by atoms with E-state index in [0.717, 1.165) is 28.8 Å². The molecule has 1 aromatic rings. The summed E-state index contributed by atoms with van der Waals surface area (Å²) >= 11 is 9.59. The first-order valence-corrected chi connectivity index (χ1v) is 7.03. The van der Waals surface area contributed by atoms with Gasteiger partial charge >= 0.3 is 0 Å². The zero-order valence-electron chi connectivity index (χ0n) is 10.5. The van der Waals surface area contributed by atoms with E-state index >= 15 is 0 Å². The summed E-state index contributed by atoms with van der Waals surface area (Å²) in [6.45, 7) is 7.77. The highest BCUT2D eigenvalue weighted by molar-refractivity contribution is 9.10. The van der Waals surface area contributed by atoms with Crippen LogP contribution >= 0.6 is 27.5 Å². The Hall–Kier alpha value is -0.250. The zero-order chi connectivity index (χ0) is 12.8. The Morgan fingerprint density at radius 2 is 2.18 bits per heavy atom. The van der Waals surface area contributed by atoms with E-state index in [1.54, 1.807) is 0 Å². The number of aryl methyl sites for hydroxylation is 1. The molecule has 2 nitrogen and oxygen atoms in total. The lowest BCUT2D eigenvalue weighted by atomic mass is 10.2. The van der Waals surface area contributed by atoms with Crippen molar-refractivity contribution in [2.24, 2.45) is 0 Å². The third kappa shape index (κ3) is 4.86. The monoisotopic (exact) mass is 319 g/mol. The van der Waals surface area contributed by atoms with Crippen LogP contribution in [-0.4, -0.2) is 19.2 Å². The highest BCUT2D eigenvalue weighted by Crippen LogP contribution is 2.34. The molecule has 4 heteroatoms. The smallest absolute Gasteiger partial charge is 0.152 e. The summed E-state index contributed by atoms with van der Waals surface area (Å²) in [5.41, 5.74) is 1.12. The molecule has 0 fully saturated rings. The van der Waals surface area contributed by atoms with Crippen molar-refractivity contribution in [3.63, 3.8) is 0 Å². The van der Waals surface area contributed by atoms with Crippen LogP contribution < -0.4 is 10.1 Å². The average Bonchev–Trinajstić information content (AvgIpc) is 2.26. The SMILES string of the molecule is CC[C@@H](C)NCCOc1c(Cl)cc(C)cc1Br. The molecule has 1 aromatic carbocycles. The van der Waals surface area contributed by atoms with Crippen molar-refractivity contribution in [1.82, 2.24) is 5.32 Å². The Kier molecular flexibility index (Phi) is 6.31. The van der Waals surface area contributed by atoms with Crippen LogP contribution in [0.15, 0.2) is 16.6 Å². The third-order valence-corrected chi connectivity index (χ3v) is 3.47. The Balaban J connectivity index is 2.47. The minimum Gasteiger partial charge on any atom is -0.490 e. The van der Waals surface area contributed by atoms with Crippen molar-refractivity contribution < 1.29 is 4.74 Å². The normalized spacial score (nSPS) is 12.5. The quantitative estimate of drug-likeness (QED) is 0.794. The second kappa shape index (κ2) is 7.24. The van der Waals surface area contributed by atoms with Gasteiger partial charge in [0, 0.05) is 12.6 Å². The average molecular weight is 321 g/mol. The molecule has 1 N–H and O–H groups in total. The lowest BCUT2D eigenvalue weighted by Gasteiger charge is -2.14. The fourth-order valence-corrected chi connectivity index (χ4v) is 2.56. The largest absolute Gasteiger partial charge is 0.490 e. The van der Waals surface area contributed by atoms with E-state index in [1.165, 1.54) is 0 Å². The number of hydrogen-bond acceptors (Lipinski definition) is 2. The minimum atomic E-state index is 0.524. The van der Waals surface area contributed by atoms with E-state index in [4.69, 9.17) is 16.3 Å². The molecule has 0 spiro atoms. The molecule has 0 saturated heterocycles. The lowest BCUT2D eigenvalue weighted by molar-refractivity contribution is 0.304. The molecule has 0 unspecified atom stereocenters. The summed E-state index contributed by atoms with van der Waals surface area (Å²) in [6, 6.07) is 4.43. The highest BCUT2D eigenvalue weighted by atomic mass is 79.9. The van der Waals surface area contributed by atoms with E-state index in [2.05, 4.69) is 35.1 Å². The van der Waals surface area contributed by atoms with Crippen LogP contribution in [0.5, 0.6) is 5.75 Å². The second-order valence-electron chi connectivity index (χ2n) is 4.17. The van der Waals surface area contributed by atoms with Crippen LogP contribution in [0.25, 0.3) is 0 Å². The number of halogens is 2. The lowest BCUT2D eigenvalue weighted by Crippen LogP contribution is -2.29. The fraction of sp³-hybridized carbons (Fsp3) is 0.538. The highest BCUT2D eigenvalue weighted by Gasteiger charge is 2.07. The van der Waals surface area contributed by atoms with Crippen LogP contribution in [0.1, 0.15) is 25.8 Å². The van der Waals surface area contributed by atoms with Gasteiger partial charge in [-0.3, -0.25) is 0 Å². The van der Waals surface area contributed by atoms with E-state index in [-0.39, 0.29) is 0 Å². The van der Waals surface area contributed by atoms with Gasteiger partial charge in [-0.2, -0.15) is 0 Å². The molecule has 0 aliphatic carbocycles. The molecular weight excluding hydrogens is 302 g/mol. The number of benzene rings is 1. The molecule has 1 rings (SSSR count). The van der Waals surface area contributed by atoms with Crippen molar-refractivity contribution in [1.29, 1.82) is 0 Å². The maximum atomic E-state index is 6.13. The van der Waals surface area contributed by atoms with E-state index in [9.17, 15) is 0 Å². The molecule has 1 atom stereocenters. The van der Waals surface area contributed by atoms with Gasteiger partial charge in [0.1, 0.15) is 6.61 Å². The Labute approximate surface area is 117 Å². The number of rotatable bonds is 6. The van der Waals surface area contributed by atoms with Crippen LogP contribution in [0.4, 0.5) is 0 Å². The standard InChI is InChI=1S/C13H19BrClNO/c1-4-10(3)16-5-6-17-13-11(14)7-9(2)8-12(13)15/h7-8,10,16H,4-6H2,1-3H3/t10-/m1/s1. The summed E-state index contributed by atoms with van der Waals surface area (Å²) in [5, 5.41) is 4.02. The van der Waals surface area contributed by atoms with Gasteiger partial charge in [-0.05, 0) is 53.9 Å². The predicted molar refractivity (Wildman–Crippen MR) is 77.1 cm³/mol. The minimum absolute atomic E-state index is 0.524. The molecule has 0 amide bonds. The van der Waals surface area contributed by atoms with Crippen molar-refractivity contribution in [3.05, 3.63) is 27.2 Å². The van der Waals surface area contributed by atoms with E-state index in [0.29, 0.717) is 17.7 Å². The van der Waals surface area contributed by atoms with Crippen LogP contribution in [0.2, 0.25) is 5.02 Å². The van der Waals surface area contributed by atoms with Gasteiger partial charge in [0.15, 0.2) is 5.75 Å². The first-order chi connectivity index (χ1) is 8.04. The Bertz CT molecular complexity index is 347. The molecule has 0 aliphatic rings. The summed E-state index contributed by atoms with van der Waals surface area (Å²) in [7, 11) is 0. The number of nitrogens with one attached hydrogen (secondary N) is 1. The Morgan fingerprint density at radius 3 is 2.76 bits per heavy atom. The van der Waals surface area contributed by atoms with Crippen LogP contribution in [0.3, 0.4) is 0 Å². The predicted octanol–water partition coefficient (Wildman–Crippen LogP) is 4.18. The summed E-state index contributed by atoms with van der Waals surface area (Å²) in [4.78, 5) is 0. The molecule has 17 heavy (non-hydrogen) atoms. The van der Waals surface area contributed by atoms with Crippen molar-refractivity contribution in [2.75, 3.05) is 13.2 Å². The van der Waals surface area contributed by atoms with Gasteiger partial charge in [-0.25, -0.2) is 0 Å². The summed E-state index contributed by atoms with van der Waals surface area (Å²) in [6.07, 6.45) is 1.12. The van der Waals surface area contributed by atoms with Gasteiger partial charge in [0.2, 0.25) is 0 Å². The zero-order valence-corrected chi connectivity index (χ0v) is 12.9. The number of ether oxygens (including phenoxy) is 1. The van der Waals surface area contributed by atoms with Crippen LogP contribution in [0, 0.1) is 6.92 Å². The molecule has 0 bridgehead atoms. The first kappa shape index (κ1) is 14.8. The van der Waals surface area contributed by atoms with Gasteiger partial charge in [0.05, 0.1) is 9.50 Å². The maximum absolute atomic E-state index is 6.13. The van der Waals surface area contributed by atoms with Crippen molar-refractivity contribution >= 4 is 27.5 Å². The Morgan fingerprint density at radius 1 is 1.47 bits per heavy atom. The fourth-order valence-electron chi connectivity index (χ4n) is 1.43. The van der Waals surface area contributed by atoms with Gasteiger partial charge in [-0.15, -0.1) is 0 Å². The maximum Gasteiger partial charge on any atom is 0.152 e. The van der Waals surface area contributed by atoms with Crippen molar-refractivity contribution in [3.8, 4) is 5.75 Å². The molecule has 0 radical (unpaired) electrons. The first-order valence-electron chi connectivity index (χ1n) is 5.86. The van der Waals surface area contributed by atoms with Gasteiger partial charge < -0.3 is 10.1 Å². The summed E-state index contributed by atoms with van der Waals surface area (Å²) in [5.74, 6) is 0.725. The molecule has 0 aliphatic heterocycles. The van der Waals surface area contributed by atoms with Gasteiger partial charge in [-0.1, -0.05) is 18.5 Å². The number of hydrogen-bond donors (Lipinski definition) is 1. The molecule has 0 saturated carbocycles.